The second-order valence-corrected chi connectivity index (χ2v) is 7.79. The number of ether oxygens (including phenoxy) is 2. The van der Waals surface area contributed by atoms with Crippen LogP contribution in [0.25, 0.3) is 22.1 Å². The molecule has 1 aromatic heterocycles. The zero-order valence-electron chi connectivity index (χ0n) is 19.0. The van der Waals surface area contributed by atoms with E-state index in [1.54, 1.807) is 12.1 Å². The van der Waals surface area contributed by atoms with Crippen molar-refractivity contribution in [2.45, 2.75) is 19.6 Å². The van der Waals surface area contributed by atoms with E-state index in [1.807, 2.05) is 18.2 Å². The Morgan fingerprint density at radius 1 is 1.06 bits per heavy atom. The summed E-state index contributed by atoms with van der Waals surface area (Å²) in [6.07, 6.45) is 0.469. The fourth-order valence-corrected chi connectivity index (χ4v) is 3.34. The van der Waals surface area contributed by atoms with Crippen LogP contribution in [0.1, 0.15) is 12.5 Å². The smallest absolute Gasteiger partial charge is 0.408 e. The molecule has 0 aliphatic rings. The van der Waals surface area contributed by atoms with Gasteiger partial charge in [0.2, 0.25) is 0 Å². The maximum absolute atomic E-state index is 12.9. The zero-order chi connectivity index (χ0) is 25.7. The quantitative estimate of drug-likeness (QED) is 0.173. The summed E-state index contributed by atoms with van der Waals surface area (Å²) < 4.78 is 16.0. The number of carbonyl (C=O) groups excluding carboxylic acids is 2. The molecule has 0 spiro atoms. The van der Waals surface area contributed by atoms with Gasteiger partial charge in [-0.15, -0.1) is 0 Å². The number of hydrogen-bond donors (Lipinski definition) is 1. The van der Waals surface area contributed by atoms with Crippen LogP contribution in [-0.2, 0) is 16.1 Å². The minimum absolute atomic E-state index is 0.0556. The molecule has 1 N–H and O–H groups in total. The number of rotatable bonds is 7. The van der Waals surface area contributed by atoms with Crippen LogP contribution in [0.3, 0.4) is 0 Å². The lowest BCUT2D eigenvalue weighted by atomic mass is 10.1. The first-order valence-corrected chi connectivity index (χ1v) is 10.8. The number of benzene rings is 3. The van der Waals surface area contributed by atoms with Crippen molar-refractivity contribution in [3.05, 3.63) is 105 Å². The summed E-state index contributed by atoms with van der Waals surface area (Å²) in [6.45, 7) is 1.50. The molecule has 0 bridgehead atoms. The van der Waals surface area contributed by atoms with E-state index < -0.39 is 23.0 Å². The fourth-order valence-electron chi connectivity index (χ4n) is 3.34. The van der Waals surface area contributed by atoms with E-state index in [0.29, 0.717) is 5.56 Å². The number of alkyl carbamates (subject to hydrolysis) is 1. The van der Waals surface area contributed by atoms with Crippen LogP contribution in [-0.4, -0.2) is 23.0 Å². The topological polar surface area (TPSA) is 138 Å². The second-order valence-electron chi connectivity index (χ2n) is 7.79. The molecular weight excluding hydrogens is 468 g/mol. The summed E-state index contributed by atoms with van der Waals surface area (Å²) in [7, 11) is 0. The van der Waals surface area contributed by atoms with Gasteiger partial charge in [-0.25, -0.2) is 9.59 Å². The molecule has 0 radical (unpaired) electrons. The SMILES string of the molecule is CC(NC(=O)OCc1ccccc1)C(=O)Oc1ccc2c(=O)c(-c3ccc([N+](=O)[O-])cc3)coc2c1. The number of nitrogens with zero attached hydrogens (tertiary/aromatic N) is 1. The van der Waals surface area contributed by atoms with Gasteiger partial charge in [-0.1, -0.05) is 30.3 Å². The lowest BCUT2D eigenvalue weighted by Crippen LogP contribution is -2.41. The van der Waals surface area contributed by atoms with E-state index >= 15 is 0 Å². The number of nitro benzene ring substituents is 1. The Balaban J connectivity index is 1.41. The Bertz CT molecular complexity index is 1480. The molecule has 10 heteroatoms. The second kappa shape index (κ2) is 10.5. The van der Waals surface area contributed by atoms with E-state index in [2.05, 4.69) is 5.32 Å². The molecule has 36 heavy (non-hydrogen) atoms. The number of carbonyl (C=O) groups is 2. The third kappa shape index (κ3) is 5.55. The summed E-state index contributed by atoms with van der Waals surface area (Å²) in [4.78, 5) is 47.6. The van der Waals surface area contributed by atoms with E-state index in [-0.39, 0.29) is 40.0 Å². The summed E-state index contributed by atoms with van der Waals surface area (Å²) in [5, 5.41) is 13.5. The molecule has 1 unspecified atom stereocenters. The third-order valence-corrected chi connectivity index (χ3v) is 5.25. The lowest BCUT2D eigenvalue weighted by molar-refractivity contribution is -0.384. The zero-order valence-corrected chi connectivity index (χ0v) is 19.0. The Kier molecular flexibility index (Phi) is 7.05. The van der Waals surface area contributed by atoms with Gasteiger partial charge in [0.05, 0.1) is 15.9 Å². The number of fused-ring (bicyclic) bond motifs is 1. The number of amides is 1. The Morgan fingerprint density at radius 3 is 2.47 bits per heavy atom. The van der Waals surface area contributed by atoms with Crippen molar-refractivity contribution in [3.63, 3.8) is 0 Å². The van der Waals surface area contributed by atoms with Gasteiger partial charge < -0.3 is 19.2 Å². The van der Waals surface area contributed by atoms with Crippen LogP contribution in [0, 0.1) is 10.1 Å². The molecule has 4 aromatic rings. The van der Waals surface area contributed by atoms with Crippen molar-refractivity contribution in [1.82, 2.24) is 5.32 Å². The predicted octanol–water partition coefficient (Wildman–Crippen LogP) is 4.59. The van der Waals surface area contributed by atoms with Gasteiger partial charge in [-0.2, -0.15) is 0 Å². The van der Waals surface area contributed by atoms with Crippen molar-refractivity contribution < 1.29 is 28.4 Å². The van der Waals surface area contributed by atoms with Gasteiger partial charge in [-0.3, -0.25) is 14.9 Å². The van der Waals surface area contributed by atoms with E-state index in [4.69, 9.17) is 13.9 Å². The Hall–Kier alpha value is -4.99. The van der Waals surface area contributed by atoms with Gasteiger partial charge in [0.25, 0.3) is 5.69 Å². The van der Waals surface area contributed by atoms with E-state index in [0.717, 1.165) is 5.56 Å². The maximum atomic E-state index is 12.9. The van der Waals surface area contributed by atoms with Gasteiger partial charge in [0.1, 0.15) is 30.2 Å². The average Bonchev–Trinajstić information content (AvgIpc) is 2.88. The minimum Gasteiger partial charge on any atom is -0.463 e. The normalized spacial score (nSPS) is 11.5. The number of nitrogens with one attached hydrogen (secondary N) is 1. The van der Waals surface area contributed by atoms with Crippen LogP contribution >= 0.6 is 0 Å². The largest absolute Gasteiger partial charge is 0.463 e. The molecule has 4 rings (SSSR count). The van der Waals surface area contributed by atoms with Crippen molar-refractivity contribution in [2.24, 2.45) is 0 Å². The molecule has 3 aromatic carbocycles. The summed E-state index contributed by atoms with van der Waals surface area (Å²) in [5.74, 6) is -0.624. The maximum Gasteiger partial charge on any atom is 0.408 e. The van der Waals surface area contributed by atoms with E-state index in [1.165, 1.54) is 55.7 Å². The van der Waals surface area contributed by atoms with Crippen LogP contribution in [0.15, 0.2) is 88.3 Å². The molecule has 10 nitrogen and oxygen atoms in total. The van der Waals surface area contributed by atoms with Crippen LogP contribution in [0.2, 0.25) is 0 Å². The summed E-state index contributed by atoms with van der Waals surface area (Å²) >= 11 is 0. The monoisotopic (exact) mass is 488 g/mol. The highest BCUT2D eigenvalue weighted by Gasteiger charge is 2.19. The van der Waals surface area contributed by atoms with Crippen molar-refractivity contribution in [2.75, 3.05) is 0 Å². The van der Waals surface area contributed by atoms with Gasteiger partial charge in [0.15, 0.2) is 5.43 Å². The molecule has 1 atom stereocenters. The first kappa shape index (κ1) is 24.1. The van der Waals surface area contributed by atoms with Crippen LogP contribution in [0.4, 0.5) is 10.5 Å². The number of esters is 1. The van der Waals surface area contributed by atoms with Gasteiger partial charge in [-0.05, 0) is 42.3 Å². The third-order valence-electron chi connectivity index (χ3n) is 5.25. The molecule has 1 heterocycles. The molecule has 0 saturated heterocycles. The highest BCUT2D eigenvalue weighted by atomic mass is 16.6. The number of nitro groups is 1. The number of hydrogen-bond acceptors (Lipinski definition) is 8. The van der Waals surface area contributed by atoms with E-state index in [9.17, 15) is 24.5 Å². The highest BCUT2D eigenvalue weighted by Crippen LogP contribution is 2.25. The van der Waals surface area contributed by atoms with Crippen molar-refractivity contribution in [1.29, 1.82) is 0 Å². The lowest BCUT2D eigenvalue weighted by Gasteiger charge is -2.13. The summed E-state index contributed by atoms with van der Waals surface area (Å²) in [6, 6.07) is 17.9. The van der Waals surface area contributed by atoms with Crippen LogP contribution in [0.5, 0.6) is 5.75 Å². The molecule has 182 valence electrons. The van der Waals surface area contributed by atoms with Crippen molar-refractivity contribution in [3.8, 4) is 16.9 Å². The van der Waals surface area contributed by atoms with Crippen molar-refractivity contribution >= 4 is 28.7 Å². The summed E-state index contributed by atoms with van der Waals surface area (Å²) in [5.41, 5.74) is 1.23. The first-order chi connectivity index (χ1) is 17.3. The molecule has 0 aliphatic carbocycles. The standard InChI is InChI=1S/C26H20N2O8/c1-16(27-26(31)35-14-17-5-3-2-4-6-17)25(30)36-20-11-12-21-23(13-20)34-15-22(24(21)29)18-7-9-19(10-8-18)28(32)33/h2-13,15-16H,14H2,1H3,(H,27,31). The van der Waals surface area contributed by atoms with Gasteiger partial charge in [0, 0.05) is 18.2 Å². The molecular formula is C26H20N2O8. The molecule has 1 amide bonds. The fraction of sp³-hybridized carbons (Fsp3) is 0.115. The van der Waals surface area contributed by atoms with Crippen LogP contribution < -0.4 is 15.5 Å². The highest BCUT2D eigenvalue weighted by molar-refractivity contribution is 5.85. The average molecular weight is 488 g/mol. The van der Waals surface area contributed by atoms with Gasteiger partial charge >= 0.3 is 12.1 Å². The predicted molar refractivity (Wildman–Crippen MR) is 129 cm³/mol. The molecule has 0 fully saturated rings. The Morgan fingerprint density at radius 2 is 1.78 bits per heavy atom. The Labute approximate surface area is 204 Å². The first-order valence-electron chi connectivity index (χ1n) is 10.8. The number of non-ortho nitro benzene ring substituents is 1. The minimum atomic E-state index is -1.000. The molecule has 0 aliphatic heterocycles. The molecule has 0 saturated carbocycles.